The molecule has 0 aromatic rings. The summed E-state index contributed by atoms with van der Waals surface area (Å²) < 4.78 is 4.91. The van der Waals surface area contributed by atoms with E-state index >= 15 is 0 Å². The van der Waals surface area contributed by atoms with E-state index in [1.165, 1.54) is 0 Å². The Morgan fingerprint density at radius 2 is 2.05 bits per heavy atom. The minimum Gasteiger partial charge on any atom is -0.384 e. The molecule has 0 spiro atoms. The summed E-state index contributed by atoms with van der Waals surface area (Å²) in [5, 5.41) is 0. The van der Waals surface area contributed by atoms with E-state index in [1.807, 2.05) is 19.0 Å². The molecule has 1 heterocycles. The van der Waals surface area contributed by atoms with Gasteiger partial charge in [0.05, 0.1) is 13.0 Å². The molecule has 0 aromatic carbocycles. The van der Waals surface area contributed by atoms with Crippen molar-refractivity contribution < 1.29 is 14.3 Å². The van der Waals surface area contributed by atoms with Gasteiger partial charge in [0.2, 0.25) is 11.8 Å². The van der Waals surface area contributed by atoms with Gasteiger partial charge in [-0.1, -0.05) is 0 Å². The first-order valence-electron chi connectivity index (χ1n) is 6.74. The van der Waals surface area contributed by atoms with E-state index in [0.29, 0.717) is 39.1 Å². The standard InChI is InChI=1S/C13H25N3O3/c1-14(2)7-8-16-10-9-15(6-4-12(16)17)13(18)5-11-19-3/h4-11H2,1-3H3. The molecule has 19 heavy (non-hydrogen) atoms. The van der Waals surface area contributed by atoms with Crippen molar-refractivity contribution in [3.63, 3.8) is 0 Å². The summed E-state index contributed by atoms with van der Waals surface area (Å²) in [6.45, 7) is 3.80. The van der Waals surface area contributed by atoms with Gasteiger partial charge in [0.25, 0.3) is 0 Å². The number of hydrogen-bond acceptors (Lipinski definition) is 4. The average Bonchev–Trinajstić information content (AvgIpc) is 2.56. The van der Waals surface area contributed by atoms with Crippen molar-refractivity contribution in [3.8, 4) is 0 Å². The van der Waals surface area contributed by atoms with Gasteiger partial charge in [-0.25, -0.2) is 0 Å². The van der Waals surface area contributed by atoms with Crippen LogP contribution in [0.2, 0.25) is 0 Å². The zero-order chi connectivity index (χ0) is 14.3. The van der Waals surface area contributed by atoms with Crippen LogP contribution in [0.1, 0.15) is 12.8 Å². The molecule has 1 aliphatic rings. The molecule has 1 saturated heterocycles. The van der Waals surface area contributed by atoms with Gasteiger partial charge in [-0.2, -0.15) is 0 Å². The van der Waals surface area contributed by atoms with E-state index in [-0.39, 0.29) is 11.8 Å². The monoisotopic (exact) mass is 271 g/mol. The highest BCUT2D eigenvalue weighted by atomic mass is 16.5. The van der Waals surface area contributed by atoms with Crippen molar-refractivity contribution in [2.45, 2.75) is 12.8 Å². The first-order chi connectivity index (χ1) is 9.04. The van der Waals surface area contributed by atoms with Gasteiger partial charge in [-0.05, 0) is 14.1 Å². The minimum absolute atomic E-state index is 0.0732. The van der Waals surface area contributed by atoms with Crippen LogP contribution in [0, 0.1) is 0 Å². The minimum atomic E-state index is 0.0732. The van der Waals surface area contributed by atoms with Crippen molar-refractivity contribution in [1.82, 2.24) is 14.7 Å². The summed E-state index contributed by atoms with van der Waals surface area (Å²) in [7, 11) is 5.56. The molecule has 2 amide bonds. The molecule has 0 radical (unpaired) electrons. The SMILES string of the molecule is COCCC(=O)N1CCC(=O)N(CCN(C)C)CC1. The molecule has 6 nitrogen and oxygen atoms in total. The van der Waals surface area contributed by atoms with E-state index in [1.54, 1.807) is 12.0 Å². The van der Waals surface area contributed by atoms with Crippen molar-refractivity contribution in [1.29, 1.82) is 0 Å². The summed E-state index contributed by atoms with van der Waals surface area (Å²) >= 11 is 0. The fourth-order valence-corrected chi connectivity index (χ4v) is 2.02. The van der Waals surface area contributed by atoms with Gasteiger partial charge in [-0.3, -0.25) is 9.59 Å². The third kappa shape index (κ3) is 5.57. The number of carbonyl (C=O) groups excluding carboxylic acids is 2. The Balaban J connectivity index is 2.44. The number of carbonyl (C=O) groups is 2. The molecule has 0 aromatic heterocycles. The van der Waals surface area contributed by atoms with E-state index in [4.69, 9.17) is 4.74 Å². The number of methoxy groups -OCH3 is 1. The Morgan fingerprint density at radius 3 is 2.68 bits per heavy atom. The summed E-state index contributed by atoms with van der Waals surface area (Å²) in [4.78, 5) is 29.5. The second-order valence-corrected chi connectivity index (χ2v) is 5.06. The largest absolute Gasteiger partial charge is 0.384 e. The topological polar surface area (TPSA) is 53.1 Å². The molecule has 0 saturated carbocycles. The van der Waals surface area contributed by atoms with Gasteiger partial charge in [0.1, 0.15) is 0 Å². The number of hydrogen-bond donors (Lipinski definition) is 0. The second-order valence-electron chi connectivity index (χ2n) is 5.06. The van der Waals surface area contributed by atoms with Gasteiger partial charge in [0.15, 0.2) is 0 Å². The number of rotatable bonds is 6. The Kier molecular flexibility index (Phi) is 6.80. The summed E-state index contributed by atoms with van der Waals surface area (Å²) in [6, 6.07) is 0. The molecule has 1 aliphatic heterocycles. The lowest BCUT2D eigenvalue weighted by molar-refractivity contribution is -0.132. The highest BCUT2D eigenvalue weighted by molar-refractivity contribution is 5.80. The molecule has 0 atom stereocenters. The third-order valence-electron chi connectivity index (χ3n) is 3.28. The number of amides is 2. The predicted octanol–water partition coefficient (Wildman–Crippen LogP) is -0.355. The highest BCUT2D eigenvalue weighted by Gasteiger charge is 2.23. The molecular weight excluding hydrogens is 246 g/mol. The first kappa shape index (κ1) is 15.9. The Morgan fingerprint density at radius 1 is 1.32 bits per heavy atom. The van der Waals surface area contributed by atoms with Crippen LogP contribution in [0.4, 0.5) is 0 Å². The van der Waals surface area contributed by atoms with Crippen LogP contribution >= 0.6 is 0 Å². The van der Waals surface area contributed by atoms with Crippen LogP contribution in [0.25, 0.3) is 0 Å². The third-order valence-corrected chi connectivity index (χ3v) is 3.28. The van der Waals surface area contributed by atoms with E-state index < -0.39 is 0 Å². The summed E-state index contributed by atoms with van der Waals surface area (Å²) in [5.41, 5.74) is 0. The molecule has 0 bridgehead atoms. The van der Waals surface area contributed by atoms with Crippen molar-refractivity contribution >= 4 is 11.8 Å². The molecule has 1 rings (SSSR count). The van der Waals surface area contributed by atoms with E-state index in [9.17, 15) is 9.59 Å². The van der Waals surface area contributed by atoms with Crippen LogP contribution < -0.4 is 0 Å². The van der Waals surface area contributed by atoms with Gasteiger partial charge in [0, 0.05) is 46.3 Å². The van der Waals surface area contributed by atoms with Crippen molar-refractivity contribution in [2.24, 2.45) is 0 Å². The molecule has 0 aliphatic carbocycles. The average molecular weight is 271 g/mol. The van der Waals surface area contributed by atoms with E-state index in [0.717, 1.165) is 13.1 Å². The number of ether oxygens (including phenoxy) is 1. The number of likely N-dealkylation sites (N-methyl/N-ethyl adjacent to an activating group) is 1. The zero-order valence-electron chi connectivity index (χ0n) is 12.2. The Bertz CT molecular complexity index is 308. The Hall–Kier alpha value is -1.14. The molecule has 0 unspecified atom stereocenters. The Labute approximate surface area is 115 Å². The van der Waals surface area contributed by atoms with Crippen molar-refractivity contribution in [2.75, 3.05) is 60.5 Å². The van der Waals surface area contributed by atoms with E-state index in [2.05, 4.69) is 4.90 Å². The fraction of sp³-hybridized carbons (Fsp3) is 0.846. The molecular formula is C13H25N3O3. The maximum absolute atomic E-state index is 12.0. The van der Waals surface area contributed by atoms with Crippen LogP contribution in [-0.2, 0) is 14.3 Å². The predicted molar refractivity (Wildman–Crippen MR) is 72.8 cm³/mol. The van der Waals surface area contributed by atoms with Crippen LogP contribution in [0.15, 0.2) is 0 Å². The molecule has 110 valence electrons. The zero-order valence-corrected chi connectivity index (χ0v) is 12.2. The second kappa shape index (κ2) is 8.12. The van der Waals surface area contributed by atoms with Gasteiger partial charge < -0.3 is 19.4 Å². The smallest absolute Gasteiger partial charge is 0.224 e. The molecule has 1 fully saturated rings. The summed E-state index contributed by atoms with van der Waals surface area (Å²) in [6.07, 6.45) is 0.814. The highest BCUT2D eigenvalue weighted by Crippen LogP contribution is 2.06. The summed E-state index contributed by atoms with van der Waals surface area (Å²) in [5.74, 6) is 0.216. The van der Waals surface area contributed by atoms with Crippen LogP contribution in [0.5, 0.6) is 0 Å². The fourth-order valence-electron chi connectivity index (χ4n) is 2.02. The lowest BCUT2D eigenvalue weighted by atomic mass is 10.3. The molecule has 6 heteroatoms. The van der Waals surface area contributed by atoms with Crippen LogP contribution in [0.3, 0.4) is 0 Å². The normalized spacial score (nSPS) is 16.9. The maximum atomic E-state index is 12.0. The maximum Gasteiger partial charge on any atom is 0.224 e. The number of nitrogens with zero attached hydrogens (tertiary/aromatic N) is 3. The van der Waals surface area contributed by atoms with Crippen molar-refractivity contribution in [3.05, 3.63) is 0 Å². The van der Waals surface area contributed by atoms with Gasteiger partial charge >= 0.3 is 0 Å². The van der Waals surface area contributed by atoms with Crippen LogP contribution in [-0.4, -0.2) is 87.0 Å². The molecule has 0 N–H and O–H groups in total. The quantitative estimate of drug-likeness (QED) is 0.662. The first-order valence-corrected chi connectivity index (χ1v) is 6.74. The van der Waals surface area contributed by atoms with Gasteiger partial charge in [-0.15, -0.1) is 0 Å². The lowest BCUT2D eigenvalue weighted by Crippen LogP contribution is -2.39. The lowest BCUT2D eigenvalue weighted by Gasteiger charge is -2.23.